The van der Waals surface area contributed by atoms with Gasteiger partial charge in [0.1, 0.15) is 0 Å². The molecule has 0 aromatic carbocycles. The SMILES string of the molecule is CCOC(=O)C(O[Si](C)(C)C)=C1CCCCC1. The molecule has 0 atom stereocenters. The molecule has 17 heavy (non-hydrogen) atoms. The van der Waals surface area contributed by atoms with Crippen molar-refractivity contribution in [1.82, 2.24) is 0 Å². The van der Waals surface area contributed by atoms with Gasteiger partial charge in [0, 0.05) is 0 Å². The average Bonchev–Trinajstić information content (AvgIpc) is 2.26. The van der Waals surface area contributed by atoms with E-state index in [-0.39, 0.29) is 5.97 Å². The summed E-state index contributed by atoms with van der Waals surface area (Å²) in [5, 5.41) is 0. The number of esters is 1. The normalized spacial score (nSPS) is 16.6. The van der Waals surface area contributed by atoms with E-state index in [0.717, 1.165) is 31.3 Å². The minimum Gasteiger partial charge on any atom is -0.539 e. The Hall–Kier alpha value is -0.773. The second-order valence-corrected chi connectivity index (χ2v) is 9.86. The summed E-state index contributed by atoms with van der Waals surface area (Å²) < 4.78 is 11.0. The van der Waals surface area contributed by atoms with Crippen LogP contribution >= 0.6 is 0 Å². The van der Waals surface area contributed by atoms with Crippen LogP contribution in [0, 0.1) is 0 Å². The quantitative estimate of drug-likeness (QED) is 0.333. The molecule has 4 heteroatoms. The Morgan fingerprint density at radius 2 is 1.76 bits per heavy atom. The summed E-state index contributed by atoms with van der Waals surface area (Å²) in [6.07, 6.45) is 5.55. The van der Waals surface area contributed by atoms with E-state index in [4.69, 9.17) is 9.16 Å². The molecule has 1 rings (SSSR count). The summed E-state index contributed by atoms with van der Waals surface area (Å²) in [4.78, 5) is 11.9. The lowest BCUT2D eigenvalue weighted by molar-refractivity contribution is -0.141. The molecule has 3 nitrogen and oxygen atoms in total. The van der Waals surface area contributed by atoms with Crippen molar-refractivity contribution in [2.45, 2.75) is 58.7 Å². The monoisotopic (exact) mass is 256 g/mol. The smallest absolute Gasteiger partial charge is 0.372 e. The lowest BCUT2D eigenvalue weighted by Gasteiger charge is -2.25. The third kappa shape index (κ3) is 4.94. The molecule has 0 bridgehead atoms. The first-order chi connectivity index (χ1) is 7.94. The summed E-state index contributed by atoms with van der Waals surface area (Å²) in [6.45, 7) is 8.51. The van der Waals surface area contributed by atoms with Crippen LogP contribution in [0.2, 0.25) is 19.6 Å². The molecular formula is C13H24O3Si. The van der Waals surface area contributed by atoms with Gasteiger partial charge in [-0.3, -0.25) is 0 Å². The molecular weight excluding hydrogens is 232 g/mol. The van der Waals surface area contributed by atoms with E-state index in [1.165, 1.54) is 6.42 Å². The van der Waals surface area contributed by atoms with Crippen molar-refractivity contribution in [2.24, 2.45) is 0 Å². The Balaban J connectivity index is 2.88. The third-order valence-electron chi connectivity index (χ3n) is 2.65. The highest BCUT2D eigenvalue weighted by Crippen LogP contribution is 2.28. The number of carbonyl (C=O) groups is 1. The highest BCUT2D eigenvalue weighted by molar-refractivity contribution is 6.70. The Morgan fingerprint density at radius 3 is 2.24 bits per heavy atom. The van der Waals surface area contributed by atoms with Crippen LogP contribution in [0.25, 0.3) is 0 Å². The lowest BCUT2D eigenvalue weighted by atomic mass is 9.94. The molecule has 0 N–H and O–H groups in total. The Kier molecular flexibility index (Phi) is 5.24. The van der Waals surface area contributed by atoms with E-state index >= 15 is 0 Å². The molecule has 0 amide bonds. The zero-order valence-electron chi connectivity index (χ0n) is 11.5. The fourth-order valence-corrected chi connectivity index (χ4v) is 2.81. The molecule has 1 aliphatic carbocycles. The molecule has 0 heterocycles. The minimum atomic E-state index is -1.75. The molecule has 0 aromatic heterocycles. The maximum atomic E-state index is 11.9. The zero-order chi connectivity index (χ0) is 12.9. The van der Waals surface area contributed by atoms with Crippen molar-refractivity contribution in [3.63, 3.8) is 0 Å². The Labute approximate surface area is 105 Å². The van der Waals surface area contributed by atoms with Gasteiger partial charge in [0.05, 0.1) is 6.61 Å². The third-order valence-corrected chi connectivity index (χ3v) is 3.46. The number of allylic oxidation sites excluding steroid dienone is 1. The van der Waals surface area contributed by atoms with Crippen molar-refractivity contribution in [2.75, 3.05) is 6.61 Å². The van der Waals surface area contributed by atoms with Crippen molar-refractivity contribution in [3.8, 4) is 0 Å². The Morgan fingerprint density at radius 1 is 1.18 bits per heavy atom. The van der Waals surface area contributed by atoms with Crippen LogP contribution in [0.1, 0.15) is 39.0 Å². The second kappa shape index (κ2) is 6.24. The predicted octanol–water partition coefficient (Wildman–Crippen LogP) is 3.62. The first kappa shape index (κ1) is 14.3. The van der Waals surface area contributed by atoms with Gasteiger partial charge in [-0.2, -0.15) is 0 Å². The number of hydrogen-bond donors (Lipinski definition) is 0. The van der Waals surface area contributed by atoms with Crippen molar-refractivity contribution >= 4 is 14.3 Å². The van der Waals surface area contributed by atoms with Crippen molar-refractivity contribution in [3.05, 3.63) is 11.3 Å². The molecule has 0 spiro atoms. The van der Waals surface area contributed by atoms with Gasteiger partial charge >= 0.3 is 5.97 Å². The molecule has 1 aliphatic rings. The summed E-state index contributed by atoms with van der Waals surface area (Å²) in [5.41, 5.74) is 1.16. The van der Waals surface area contributed by atoms with Crippen LogP contribution in [0.5, 0.6) is 0 Å². The maximum Gasteiger partial charge on any atom is 0.372 e. The zero-order valence-corrected chi connectivity index (χ0v) is 12.5. The van der Waals surface area contributed by atoms with E-state index in [9.17, 15) is 4.79 Å². The van der Waals surface area contributed by atoms with Gasteiger partial charge < -0.3 is 9.16 Å². The van der Waals surface area contributed by atoms with E-state index in [2.05, 4.69) is 19.6 Å². The van der Waals surface area contributed by atoms with Gasteiger partial charge in [-0.05, 0) is 57.8 Å². The van der Waals surface area contributed by atoms with Gasteiger partial charge in [-0.15, -0.1) is 0 Å². The van der Waals surface area contributed by atoms with Gasteiger partial charge in [0.2, 0.25) is 8.32 Å². The molecule has 1 fully saturated rings. The Bertz CT molecular complexity index is 294. The lowest BCUT2D eigenvalue weighted by Crippen LogP contribution is -2.29. The highest BCUT2D eigenvalue weighted by Gasteiger charge is 2.26. The van der Waals surface area contributed by atoms with E-state index in [1.807, 2.05) is 6.92 Å². The summed E-state index contributed by atoms with van der Waals surface area (Å²) in [5.74, 6) is 0.248. The van der Waals surface area contributed by atoms with Gasteiger partial charge in [-0.25, -0.2) is 4.79 Å². The number of hydrogen-bond acceptors (Lipinski definition) is 3. The fourth-order valence-electron chi connectivity index (χ4n) is 1.97. The average molecular weight is 256 g/mol. The molecule has 0 saturated heterocycles. The highest BCUT2D eigenvalue weighted by atomic mass is 28.4. The maximum absolute atomic E-state index is 11.9. The summed E-state index contributed by atoms with van der Waals surface area (Å²) in [7, 11) is -1.75. The largest absolute Gasteiger partial charge is 0.539 e. The van der Waals surface area contributed by atoms with Crippen molar-refractivity contribution in [1.29, 1.82) is 0 Å². The van der Waals surface area contributed by atoms with Crippen LogP contribution in [-0.2, 0) is 14.0 Å². The number of ether oxygens (including phenoxy) is 1. The van der Waals surface area contributed by atoms with Crippen LogP contribution in [0.4, 0.5) is 0 Å². The van der Waals surface area contributed by atoms with Crippen LogP contribution in [0.15, 0.2) is 11.3 Å². The van der Waals surface area contributed by atoms with Crippen molar-refractivity contribution < 1.29 is 14.0 Å². The standard InChI is InChI=1S/C13H24O3Si/c1-5-15-13(14)12(16-17(2,3)4)11-9-7-6-8-10-11/h5-10H2,1-4H3. The molecule has 98 valence electrons. The number of rotatable bonds is 4. The van der Waals surface area contributed by atoms with E-state index < -0.39 is 8.32 Å². The van der Waals surface area contributed by atoms with Gasteiger partial charge in [0.15, 0.2) is 5.76 Å². The molecule has 1 saturated carbocycles. The number of carbonyl (C=O) groups excluding carboxylic acids is 1. The molecule has 0 radical (unpaired) electrons. The van der Waals surface area contributed by atoms with Crippen LogP contribution in [-0.4, -0.2) is 20.9 Å². The van der Waals surface area contributed by atoms with Crippen LogP contribution in [0.3, 0.4) is 0 Å². The predicted molar refractivity (Wildman–Crippen MR) is 71.2 cm³/mol. The molecule has 0 aromatic rings. The first-order valence-corrected chi connectivity index (χ1v) is 9.93. The van der Waals surface area contributed by atoms with E-state index in [1.54, 1.807) is 0 Å². The van der Waals surface area contributed by atoms with Gasteiger partial charge in [-0.1, -0.05) is 6.42 Å². The van der Waals surface area contributed by atoms with Gasteiger partial charge in [0.25, 0.3) is 0 Å². The topological polar surface area (TPSA) is 35.5 Å². The second-order valence-electron chi connectivity index (χ2n) is 5.43. The summed E-state index contributed by atoms with van der Waals surface area (Å²) in [6, 6.07) is 0. The fraction of sp³-hybridized carbons (Fsp3) is 0.769. The summed E-state index contributed by atoms with van der Waals surface area (Å²) >= 11 is 0. The minimum absolute atomic E-state index is 0.271. The molecule has 0 unspecified atom stereocenters. The van der Waals surface area contributed by atoms with E-state index in [0.29, 0.717) is 12.4 Å². The van der Waals surface area contributed by atoms with Crippen LogP contribution < -0.4 is 0 Å². The molecule has 0 aliphatic heterocycles. The first-order valence-electron chi connectivity index (χ1n) is 6.52.